The maximum atomic E-state index is 12.1. The highest BCUT2D eigenvalue weighted by atomic mass is 32.1. The molecule has 0 aromatic carbocycles. The van der Waals surface area contributed by atoms with Crippen LogP contribution in [0.5, 0.6) is 6.01 Å². The lowest BCUT2D eigenvalue weighted by Gasteiger charge is -2.33. The van der Waals surface area contributed by atoms with Crippen LogP contribution in [-0.4, -0.2) is 50.7 Å². The highest BCUT2D eigenvalue weighted by molar-refractivity contribution is 7.09. The van der Waals surface area contributed by atoms with Gasteiger partial charge >= 0.3 is 12.1 Å². The number of amides is 1. The number of hydrogen-bond donors (Lipinski definition) is 0. The van der Waals surface area contributed by atoms with E-state index in [9.17, 15) is 4.79 Å². The van der Waals surface area contributed by atoms with Gasteiger partial charge in [-0.05, 0) is 27.7 Å². The maximum absolute atomic E-state index is 12.1. The summed E-state index contributed by atoms with van der Waals surface area (Å²) in [4.78, 5) is 26.8. The first-order valence-corrected chi connectivity index (χ1v) is 9.57. The molecule has 2 aromatic heterocycles. The number of likely N-dealkylation sites (tertiary alicyclic amines) is 1. The van der Waals surface area contributed by atoms with Gasteiger partial charge in [-0.3, -0.25) is 0 Å². The SMILES string of the molecule is Cc1nc(-c2cnc(OC3CCN(C(=O)OC(C)(C)C)CC3)nc2)cs1. The normalized spacial score (nSPS) is 15.8. The van der Waals surface area contributed by atoms with Crippen LogP contribution in [0.2, 0.25) is 0 Å². The number of piperidine rings is 1. The largest absolute Gasteiger partial charge is 0.460 e. The minimum absolute atomic E-state index is 0.000976. The van der Waals surface area contributed by atoms with Gasteiger partial charge < -0.3 is 14.4 Å². The second-order valence-electron chi connectivity index (χ2n) is 7.29. The van der Waals surface area contributed by atoms with Crippen molar-refractivity contribution in [1.82, 2.24) is 19.9 Å². The van der Waals surface area contributed by atoms with E-state index in [0.717, 1.165) is 29.1 Å². The van der Waals surface area contributed by atoms with E-state index in [2.05, 4.69) is 15.0 Å². The Balaban J connectivity index is 1.51. The minimum atomic E-state index is -0.476. The summed E-state index contributed by atoms with van der Waals surface area (Å²) < 4.78 is 11.3. The van der Waals surface area contributed by atoms with Gasteiger partial charge in [-0.2, -0.15) is 0 Å². The van der Waals surface area contributed by atoms with Gasteiger partial charge in [-0.1, -0.05) is 0 Å². The molecule has 1 aliphatic rings. The van der Waals surface area contributed by atoms with E-state index in [1.54, 1.807) is 28.6 Å². The number of nitrogens with zero attached hydrogens (tertiary/aromatic N) is 4. The molecule has 7 nitrogen and oxygen atoms in total. The van der Waals surface area contributed by atoms with Crippen LogP contribution in [0.1, 0.15) is 38.6 Å². The Labute approximate surface area is 157 Å². The van der Waals surface area contributed by atoms with Crippen molar-refractivity contribution in [2.75, 3.05) is 13.1 Å². The Morgan fingerprint density at radius 2 is 1.88 bits per heavy atom. The molecule has 1 fully saturated rings. The van der Waals surface area contributed by atoms with E-state index in [0.29, 0.717) is 19.1 Å². The number of ether oxygens (including phenoxy) is 2. The third kappa shape index (κ3) is 4.91. The highest BCUT2D eigenvalue weighted by Gasteiger charge is 2.28. The Morgan fingerprint density at radius 1 is 1.23 bits per heavy atom. The fraction of sp³-hybridized carbons (Fsp3) is 0.556. The molecule has 0 N–H and O–H groups in total. The molecule has 0 radical (unpaired) electrons. The zero-order valence-electron chi connectivity index (χ0n) is 15.6. The molecule has 3 heterocycles. The molecule has 1 amide bonds. The molecule has 2 aromatic rings. The molecular weight excluding hydrogens is 352 g/mol. The minimum Gasteiger partial charge on any atom is -0.460 e. The lowest BCUT2D eigenvalue weighted by Crippen LogP contribution is -2.44. The van der Waals surface area contributed by atoms with E-state index in [4.69, 9.17) is 9.47 Å². The molecule has 0 unspecified atom stereocenters. The molecule has 0 atom stereocenters. The molecule has 3 rings (SSSR count). The molecule has 0 bridgehead atoms. The summed E-state index contributed by atoms with van der Waals surface area (Å²) in [7, 11) is 0. The predicted octanol–water partition coefficient (Wildman–Crippen LogP) is 3.69. The average Bonchev–Trinajstić information content (AvgIpc) is 3.01. The molecule has 0 spiro atoms. The second kappa shape index (κ2) is 7.57. The Hall–Kier alpha value is -2.22. The van der Waals surface area contributed by atoms with Crippen LogP contribution >= 0.6 is 11.3 Å². The molecule has 140 valence electrons. The van der Waals surface area contributed by atoms with Crippen molar-refractivity contribution in [1.29, 1.82) is 0 Å². The summed E-state index contributed by atoms with van der Waals surface area (Å²) in [5.74, 6) is 0. The third-order valence-corrected chi connectivity index (χ3v) is 4.68. The number of carbonyl (C=O) groups is 1. The van der Waals surface area contributed by atoms with E-state index in [1.807, 2.05) is 33.1 Å². The zero-order valence-corrected chi connectivity index (χ0v) is 16.4. The topological polar surface area (TPSA) is 77.4 Å². The van der Waals surface area contributed by atoms with Crippen LogP contribution in [-0.2, 0) is 4.74 Å². The van der Waals surface area contributed by atoms with Crippen molar-refractivity contribution in [3.63, 3.8) is 0 Å². The smallest absolute Gasteiger partial charge is 0.410 e. The van der Waals surface area contributed by atoms with Gasteiger partial charge in [0.15, 0.2) is 0 Å². The summed E-state index contributed by atoms with van der Waals surface area (Å²) in [5.41, 5.74) is 1.28. The van der Waals surface area contributed by atoms with Gasteiger partial charge in [0.2, 0.25) is 0 Å². The summed E-state index contributed by atoms with van der Waals surface area (Å²) in [6.45, 7) is 8.79. The van der Waals surface area contributed by atoms with Crippen molar-refractivity contribution >= 4 is 17.4 Å². The zero-order chi connectivity index (χ0) is 18.7. The fourth-order valence-corrected chi connectivity index (χ4v) is 3.26. The first-order chi connectivity index (χ1) is 12.3. The fourth-order valence-electron chi connectivity index (χ4n) is 2.64. The first kappa shape index (κ1) is 18.6. The van der Waals surface area contributed by atoms with Crippen LogP contribution in [0.15, 0.2) is 17.8 Å². The van der Waals surface area contributed by atoms with E-state index < -0.39 is 5.60 Å². The summed E-state index contributed by atoms with van der Waals surface area (Å²) >= 11 is 1.60. The number of aryl methyl sites for hydroxylation is 1. The van der Waals surface area contributed by atoms with E-state index in [1.165, 1.54) is 0 Å². The molecule has 1 aliphatic heterocycles. The van der Waals surface area contributed by atoms with Crippen LogP contribution in [0.4, 0.5) is 4.79 Å². The molecule has 8 heteroatoms. The Bertz CT molecular complexity index is 747. The van der Waals surface area contributed by atoms with Gasteiger partial charge in [-0.25, -0.2) is 19.7 Å². The van der Waals surface area contributed by atoms with Gasteiger partial charge in [0.05, 0.1) is 10.7 Å². The van der Waals surface area contributed by atoms with Crippen molar-refractivity contribution in [3.05, 3.63) is 22.8 Å². The van der Waals surface area contributed by atoms with Crippen LogP contribution in [0.3, 0.4) is 0 Å². The first-order valence-electron chi connectivity index (χ1n) is 8.69. The Morgan fingerprint density at radius 3 is 2.42 bits per heavy atom. The third-order valence-electron chi connectivity index (χ3n) is 3.91. The maximum Gasteiger partial charge on any atom is 0.410 e. The van der Waals surface area contributed by atoms with Crippen molar-refractivity contribution < 1.29 is 14.3 Å². The van der Waals surface area contributed by atoms with Crippen LogP contribution < -0.4 is 4.74 Å². The molecule has 26 heavy (non-hydrogen) atoms. The van der Waals surface area contributed by atoms with Crippen LogP contribution in [0.25, 0.3) is 11.3 Å². The van der Waals surface area contributed by atoms with Crippen molar-refractivity contribution in [2.24, 2.45) is 0 Å². The molecule has 0 saturated carbocycles. The lowest BCUT2D eigenvalue weighted by molar-refractivity contribution is 0.0119. The van der Waals surface area contributed by atoms with Crippen LogP contribution in [0, 0.1) is 6.92 Å². The van der Waals surface area contributed by atoms with E-state index in [-0.39, 0.29) is 12.2 Å². The summed E-state index contributed by atoms with van der Waals surface area (Å²) in [6.07, 6.45) is 4.65. The Kier molecular flexibility index (Phi) is 5.41. The molecular formula is C18H24N4O3S. The number of aromatic nitrogens is 3. The molecule has 0 aliphatic carbocycles. The molecule has 1 saturated heterocycles. The summed E-state index contributed by atoms with van der Waals surface area (Å²) in [6, 6.07) is 0.358. The quantitative estimate of drug-likeness (QED) is 0.813. The van der Waals surface area contributed by atoms with Gasteiger partial charge in [0.25, 0.3) is 0 Å². The van der Waals surface area contributed by atoms with Crippen molar-refractivity contribution in [2.45, 2.75) is 52.2 Å². The summed E-state index contributed by atoms with van der Waals surface area (Å²) in [5, 5.41) is 3.00. The number of carbonyl (C=O) groups excluding carboxylic acids is 1. The standard InChI is InChI=1S/C18H24N4O3S/c1-12-21-15(11-26-12)13-9-19-16(20-10-13)24-14-5-7-22(8-6-14)17(23)25-18(2,3)4/h9-11,14H,5-8H2,1-4H3. The van der Waals surface area contributed by atoms with E-state index >= 15 is 0 Å². The number of hydrogen-bond acceptors (Lipinski definition) is 7. The monoisotopic (exact) mass is 376 g/mol. The van der Waals surface area contributed by atoms with Gasteiger partial charge in [0, 0.05) is 49.3 Å². The average molecular weight is 376 g/mol. The second-order valence-corrected chi connectivity index (χ2v) is 8.35. The lowest BCUT2D eigenvalue weighted by atomic mass is 10.1. The van der Waals surface area contributed by atoms with Gasteiger partial charge in [-0.15, -0.1) is 11.3 Å². The van der Waals surface area contributed by atoms with Gasteiger partial charge in [0.1, 0.15) is 11.7 Å². The van der Waals surface area contributed by atoms with Crippen molar-refractivity contribution in [3.8, 4) is 17.3 Å². The predicted molar refractivity (Wildman–Crippen MR) is 99.3 cm³/mol. The number of thiazole rings is 1. The highest BCUT2D eigenvalue weighted by Crippen LogP contribution is 2.22. The number of rotatable bonds is 3.